The van der Waals surface area contributed by atoms with Crippen molar-refractivity contribution in [3.05, 3.63) is 65.9 Å². The van der Waals surface area contributed by atoms with Crippen molar-refractivity contribution in [2.75, 3.05) is 13.7 Å². The fourth-order valence-corrected chi connectivity index (χ4v) is 3.29. The van der Waals surface area contributed by atoms with Gasteiger partial charge in [-0.2, -0.15) is 0 Å². The van der Waals surface area contributed by atoms with Gasteiger partial charge in [0, 0.05) is 35.2 Å². The second-order valence-corrected chi connectivity index (χ2v) is 6.66. The predicted molar refractivity (Wildman–Crippen MR) is 99.1 cm³/mol. The predicted octanol–water partition coefficient (Wildman–Crippen LogP) is 4.02. The van der Waals surface area contributed by atoms with Crippen molar-refractivity contribution in [1.29, 1.82) is 0 Å². The maximum absolute atomic E-state index is 12.9. The number of aromatic nitrogens is 1. The molecular formula is C21H22N2O2. The van der Waals surface area contributed by atoms with Gasteiger partial charge in [0.05, 0.1) is 13.7 Å². The maximum Gasteiger partial charge on any atom is 0.178 e. The quantitative estimate of drug-likeness (QED) is 0.664. The number of carbonyl (C=O) groups excluding carboxylic acids is 1. The number of H-pyrrole nitrogens is 1. The van der Waals surface area contributed by atoms with Crippen LogP contribution in [-0.4, -0.2) is 35.4 Å². The van der Waals surface area contributed by atoms with Gasteiger partial charge in [-0.3, -0.25) is 9.69 Å². The summed E-state index contributed by atoms with van der Waals surface area (Å²) < 4.78 is 5.22. The summed E-state index contributed by atoms with van der Waals surface area (Å²) in [6.07, 6.45) is 4.19. The molecule has 1 N–H and O–H groups in total. The van der Waals surface area contributed by atoms with Crippen LogP contribution in [0.2, 0.25) is 0 Å². The molecular weight excluding hydrogens is 312 g/mol. The number of nitrogens with zero attached hydrogens (tertiary/aromatic N) is 1. The lowest BCUT2D eigenvalue weighted by atomic mass is 10.1. The van der Waals surface area contributed by atoms with Gasteiger partial charge in [0.2, 0.25) is 0 Å². The first-order valence-electron chi connectivity index (χ1n) is 8.71. The molecule has 1 aliphatic carbocycles. The molecule has 1 aliphatic rings. The molecule has 0 saturated heterocycles. The van der Waals surface area contributed by atoms with Crippen molar-refractivity contribution >= 4 is 16.7 Å². The number of methoxy groups -OCH3 is 1. The third-order valence-corrected chi connectivity index (χ3v) is 4.84. The van der Waals surface area contributed by atoms with Crippen molar-refractivity contribution in [2.45, 2.75) is 25.4 Å². The van der Waals surface area contributed by atoms with Crippen LogP contribution in [0.4, 0.5) is 0 Å². The zero-order valence-electron chi connectivity index (χ0n) is 14.4. The lowest BCUT2D eigenvalue weighted by Crippen LogP contribution is -2.31. The van der Waals surface area contributed by atoms with Crippen LogP contribution < -0.4 is 4.74 Å². The molecule has 128 valence electrons. The van der Waals surface area contributed by atoms with Gasteiger partial charge in [-0.15, -0.1) is 0 Å². The molecule has 4 rings (SSSR count). The number of Topliss-reactive ketones (excluding diaryl/α,β-unsaturated/α-hetero) is 1. The number of rotatable bonds is 7. The minimum Gasteiger partial charge on any atom is -0.497 e. The molecule has 0 spiro atoms. The molecule has 0 radical (unpaired) electrons. The molecule has 4 nitrogen and oxygen atoms in total. The van der Waals surface area contributed by atoms with Gasteiger partial charge < -0.3 is 9.72 Å². The summed E-state index contributed by atoms with van der Waals surface area (Å²) in [5, 5.41) is 1.01. The Morgan fingerprint density at radius 2 is 1.92 bits per heavy atom. The summed E-state index contributed by atoms with van der Waals surface area (Å²) in [7, 11) is 1.67. The van der Waals surface area contributed by atoms with Gasteiger partial charge in [0.25, 0.3) is 0 Å². The van der Waals surface area contributed by atoms with E-state index in [1.807, 2.05) is 42.6 Å². The smallest absolute Gasteiger partial charge is 0.178 e. The average Bonchev–Trinajstić information content (AvgIpc) is 3.40. The number of ketones is 1. The first kappa shape index (κ1) is 15.9. The van der Waals surface area contributed by atoms with Crippen LogP contribution >= 0.6 is 0 Å². The van der Waals surface area contributed by atoms with E-state index >= 15 is 0 Å². The molecule has 0 amide bonds. The maximum atomic E-state index is 12.9. The standard InChI is InChI=1S/C21H22N2O2/c1-25-17-10-6-15(7-11-17)13-23(16-8-9-16)14-21(24)19-12-22-20-5-3-2-4-18(19)20/h2-7,10-12,16,22H,8-9,13-14H2,1H3. The Bertz CT molecular complexity index is 878. The number of ether oxygens (including phenoxy) is 1. The first-order chi connectivity index (χ1) is 12.2. The molecule has 4 heteroatoms. The van der Waals surface area contributed by atoms with Gasteiger partial charge in [-0.05, 0) is 36.6 Å². The molecule has 0 unspecified atom stereocenters. The van der Waals surface area contributed by atoms with E-state index in [1.165, 1.54) is 18.4 Å². The van der Waals surface area contributed by atoms with E-state index in [2.05, 4.69) is 22.0 Å². The van der Waals surface area contributed by atoms with E-state index < -0.39 is 0 Å². The largest absolute Gasteiger partial charge is 0.497 e. The van der Waals surface area contributed by atoms with Gasteiger partial charge in [0.1, 0.15) is 5.75 Å². The van der Waals surface area contributed by atoms with E-state index in [0.717, 1.165) is 28.8 Å². The topological polar surface area (TPSA) is 45.3 Å². The summed E-state index contributed by atoms with van der Waals surface area (Å²) in [4.78, 5) is 18.4. The van der Waals surface area contributed by atoms with Gasteiger partial charge in [-0.1, -0.05) is 30.3 Å². The minimum absolute atomic E-state index is 0.179. The summed E-state index contributed by atoms with van der Waals surface area (Å²) in [6, 6.07) is 16.6. The Hall–Kier alpha value is -2.59. The molecule has 1 aromatic heterocycles. The highest BCUT2D eigenvalue weighted by molar-refractivity contribution is 6.08. The van der Waals surface area contributed by atoms with Crippen molar-refractivity contribution < 1.29 is 9.53 Å². The Labute approximate surface area is 147 Å². The molecule has 1 saturated carbocycles. The SMILES string of the molecule is COc1ccc(CN(CC(=O)c2c[nH]c3ccccc23)C2CC2)cc1. The van der Waals surface area contributed by atoms with E-state index in [1.54, 1.807) is 7.11 Å². The number of benzene rings is 2. The fourth-order valence-electron chi connectivity index (χ4n) is 3.29. The Morgan fingerprint density at radius 3 is 2.64 bits per heavy atom. The summed E-state index contributed by atoms with van der Waals surface area (Å²) in [5.41, 5.74) is 3.01. The monoisotopic (exact) mass is 334 g/mol. The molecule has 1 fully saturated rings. The van der Waals surface area contributed by atoms with Crippen LogP contribution in [0.15, 0.2) is 54.7 Å². The molecule has 3 aromatic rings. The number of aromatic amines is 1. The third kappa shape index (κ3) is 3.44. The number of para-hydroxylation sites is 1. The summed E-state index contributed by atoms with van der Waals surface area (Å²) in [5.74, 6) is 1.04. The molecule has 0 bridgehead atoms. The van der Waals surface area contributed by atoms with Crippen LogP contribution in [0.25, 0.3) is 10.9 Å². The first-order valence-corrected chi connectivity index (χ1v) is 8.71. The second-order valence-electron chi connectivity index (χ2n) is 6.66. The van der Waals surface area contributed by atoms with E-state index in [-0.39, 0.29) is 5.78 Å². The van der Waals surface area contributed by atoms with Crippen molar-refractivity contribution in [1.82, 2.24) is 9.88 Å². The van der Waals surface area contributed by atoms with Gasteiger partial charge in [0.15, 0.2) is 5.78 Å². The highest BCUT2D eigenvalue weighted by Gasteiger charge is 2.30. The fraction of sp³-hybridized carbons (Fsp3) is 0.286. The lowest BCUT2D eigenvalue weighted by molar-refractivity contribution is 0.0921. The highest BCUT2D eigenvalue weighted by atomic mass is 16.5. The molecule has 0 aliphatic heterocycles. The summed E-state index contributed by atoms with van der Waals surface area (Å²) >= 11 is 0. The zero-order valence-corrected chi connectivity index (χ0v) is 14.4. The number of carbonyl (C=O) groups is 1. The molecule has 1 heterocycles. The number of hydrogen-bond donors (Lipinski definition) is 1. The van der Waals surface area contributed by atoms with Crippen LogP contribution in [0, 0.1) is 0 Å². The van der Waals surface area contributed by atoms with E-state index in [0.29, 0.717) is 12.6 Å². The van der Waals surface area contributed by atoms with Crippen molar-refractivity contribution in [3.63, 3.8) is 0 Å². The Kier molecular flexibility index (Phi) is 4.28. The number of nitrogens with one attached hydrogen (secondary N) is 1. The molecule has 0 atom stereocenters. The van der Waals surface area contributed by atoms with Crippen LogP contribution in [0.5, 0.6) is 5.75 Å². The second kappa shape index (κ2) is 6.73. The number of fused-ring (bicyclic) bond motifs is 1. The van der Waals surface area contributed by atoms with Crippen molar-refractivity contribution in [2.24, 2.45) is 0 Å². The third-order valence-electron chi connectivity index (χ3n) is 4.84. The minimum atomic E-state index is 0.179. The highest BCUT2D eigenvalue weighted by Crippen LogP contribution is 2.29. The Morgan fingerprint density at radius 1 is 1.16 bits per heavy atom. The Balaban J connectivity index is 1.50. The normalized spacial score (nSPS) is 14.2. The van der Waals surface area contributed by atoms with E-state index in [9.17, 15) is 4.79 Å². The van der Waals surface area contributed by atoms with Crippen LogP contribution in [0.1, 0.15) is 28.8 Å². The summed E-state index contributed by atoms with van der Waals surface area (Å²) in [6.45, 7) is 1.25. The van der Waals surface area contributed by atoms with Crippen molar-refractivity contribution in [3.8, 4) is 5.75 Å². The average molecular weight is 334 g/mol. The number of hydrogen-bond acceptors (Lipinski definition) is 3. The lowest BCUT2D eigenvalue weighted by Gasteiger charge is -2.21. The zero-order chi connectivity index (χ0) is 17.2. The van der Waals surface area contributed by atoms with E-state index in [4.69, 9.17) is 4.74 Å². The van der Waals surface area contributed by atoms with Gasteiger partial charge >= 0.3 is 0 Å². The van der Waals surface area contributed by atoms with Crippen LogP contribution in [-0.2, 0) is 6.54 Å². The van der Waals surface area contributed by atoms with Crippen LogP contribution in [0.3, 0.4) is 0 Å². The molecule has 25 heavy (non-hydrogen) atoms. The van der Waals surface area contributed by atoms with Gasteiger partial charge in [-0.25, -0.2) is 0 Å². The molecule has 2 aromatic carbocycles.